The minimum Gasteiger partial charge on any atom is -0.488 e. The summed E-state index contributed by atoms with van der Waals surface area (Å²) in [6.07, 6.45) is 0.970. The van der Waals surface area contributed by atoms with Gasteiger partial charge in [0, 0.05) is 34.4 Å². The number of thiophene rings is 1. The van der Waals surface area contributed by atoms with Gasteiger partial charge >= 0.3 is 5.97 Å². The zero-order chi connectivity index (χ0) is 26.2. The number of carbonyl (C=O) groups excluding carboxylic acids is 2. The summed E-state index contributed by atoms with van der Waals surface area (Å²) in [5.41, 5.74) is 4.26. The van der Waals surface area contributed by atoms with Crippen LogP contribution in [0.5, 0.6) is 5.75 Å². The Bertz CT molecular complexity index is 1320. The highest BCUT2D eigenvalue weighted by Crippen LogP contribution is 2.33. The van der Waals surface area contributed by atoms with Gasteiger partial charge in [0.25, 0.3) is 0 Å². The Balaban J connectivity index is 1.37. The highest BCUT2D eigenvalue weighted by Gasteiger charge is 2.15. The van der Waals surface area contributed by atoms with E-state index in [4.69, 9.17) is 18.7 Å². The van der Waals surface area contributed by atoms with Crippen LogP contribution in [-0.2, 0) is 27.3 Å². The van der Waals surface area contributed by atoms with Crippen molar-refractivity contribution in [2.45, 2.75) is 39.9 Å². The number of esters is 1. The molecule has 0 aliphatic heterocycles. The Kier molecular flexibility index (Phi) is 8.87. The van der Waals surface area contributed by atoms with Crippen LogP contribution in [0, 0.1) is 6.92 Å². The predicted molar refractivity (Wildman–Crippen MR) is 142 cm³/mol. The van der Waals surface area contributed by atoms with Crippen LogP contribution in [0.4, 0.5) is 0 Å². The van der Waals surface area contributed by atoms with Crippen LogP contribution < -0.4 is 4.74 Å². The topological polar surface area (TPSA) is 87.9 Å². The molecule has 0 bridgehead atoms. The summed E-state index contributed by atoms with van der Waals surface area (Å²) in [5, 5.41) is 3.80. The number of ether oxygens (including phenoxy) is 3. The van der Waals surface area contributed by atoms with Crippen LogP contribution in [-0.4, -0.2) is 36.7 Å². The average molecular weight is 520 g/mol. The first kappa shape index (κ1) is 26.3. The summed E-state index contributed by atoms with van der Waals surface area (Å²) in [6.45, 7) is 6.97. The summed E-state index contributed by atoms with van der Waals surface area (Å²) in [7, 11) is 0. The second-order valence-corrected chi connectivity index (χ2v) is 9.49. The summed E-state index contributed by atoms with van der Waals surface area (Å²) >= 11 is 1.69. The minimum absolute atomic E-state index is 0.157. The first-order valence-electron chi connectivity index (χ1n) is 12.1. The van der Waals surface area contributed by atoms with Crippen molar-refractivity contribution in [3.8, 4) is 27.5 Å². The Morgan fingerprint density at radius 1 is 1.03 bits per heavy atom. The standard InChI is InChI=1S/C29H29NO6S/c1-4-33-24(17-31)15-20-6-12-23(13-7-20)35-18-28-19(3)14-27(37-28)22-10-8-21(9-11-22)26-16-25(30-36-26)29(32)34-5-2/h6-14,16-17,24H,4-5,15,18H2,1-3H3. The second-order valence-electron chi connectivity index (χ2n) is 8.36. The second kappa shape index (κ2) is 12.5. The van der Waals surface area contributed by atoms with Gasteiger partial charge in [-0.3, -0.25) is 0 Å². The Labute approximate surface area is 220 Å². The predicted octanol–water partition coefficient (Wildman–Crippen LogP) is 6.28. The van der Waals surface area contributed by atoms with Crippen LogP contribution in [0.1, 0.15) is 40.3 Å². The number of aryl methyl sites for hydroxylation is 1. The third-order valence-corrected chi connectivity index (χ3v) is 6.99. The molecule has 2 aromatic heterocycles. The van der Waals surface area contributed by atoms with Gasteiger partial charge in [0.2, 0.25) is 0 Å². The molecule has 2 aromatic carbocycles. The fourth-order valence-corrected chi connectivity index (χ4v) is 4.87. The van der Waals surface area contributed by atoms with Gasteiger partial charge in [0.15, 0.2) is 11.5 Å². The number of aldehydes is 1. The summed E-state index contributed by atoms with van der Waals surface area (Å²) in [5.74, 6) is 0.786. The molecule has 37 heavy (non-hydrogen) atoms. The lowest BCUT2D eigenvalue weighted by atomic mass is 10.1. The van der Waals surface area contributed by atoms with E-state index >= 15 is 0 Å². The van der Waals surface area contributed by atoms with Crippen LogP contribution in [0.15, 0.2) is 65.2 Å². The molecule has 4 rings (SSSR count). The molecule has 192 valence electrons. The molecule has 0 fully saturated rings. The molecule has 1 unspecified atom stereocenters. The van der Waals surface area contributed by atoms with Crippen molar-refractivity contribution in [2.24, 2.45) is 0 Å². The van der Waals surface area contributed by atoms with E-state index in [-0.39, 0.29) is 12.3 Å². The molecule has 0 saturated heterocycles. The number of nitrogens with zero attached hydrogens (tertiary/aromatic N) is 1. The average Bonchev–Trinajstić information content (AvgIpc) is 3.55. The third kappa shape index (κ3) is 6.72. The fraction of sp³-hybridized carbons (Fsp3) is 0.276. The number of aromatic nitrogens is 1. The van der Waals surface area contributed by atoms with Crippen molar-refractivity contribution < 1.29 is 28.3 Å². The van der Waals surface area contributed by atoms with Crippen molar-refractivity contribution in [3.05, 3.63) is 82.4 Å². The van der Waals surface area contributed by atoms with E-state index in [0.717, 1.165) is 38.5 Å². The Hall–Kier alpha value is -3.75. The molecule has 0 N–H and O–H groups in total. The number of hydrogen-bond donors (Lipinski definition) is 0. The maximum Gasteiger partial charge on any atom is 0.360 e. The molecular weight excluding hydrogens is 490 g/mol. The highest BCUT2D eigenvalue weighted by molar-refractivity contribution is 7.15. The smallest absolute Gasteiger partial charge is 0.360 e. The lowest BCUT2D eigenvalue weighted by Gasteiger charge is -2.11. The first-order chi connectivity index (χ1) is 18.0. The lowest BCUT2D eigenvalue weighted by molar-refractivity contribution is -0.117. The van der Waals surface area contributed by atoms with Crippen molar-refractivity contribution in [3.63, 3.8) is 0 Å². The Morgan fingerprint density at radius 3 is 2.43 bits per heavy atom. The van der Waals surface area contributed by atoms with Crippen LogP contribution >= 0.6 is 11.3 Å². The van der Waals surface area contributed by atoms with Crippen molar-refractivity contribution >= 4 is 23.6 Å². The largest absolute Gasteiger partial charge is 0.488 e. The van der Waals surface area contributed by atoms with Gasteiger partial charge in [0.05, 0.1) is 6.61 Å². The molecule has 0 aliphatic rings. The van der Waals surface area contributed by atoms with Gasteiger partial charge in [-0.25, -0.2) is 4.79 Å². The SMILES string of the molecule is CCOC(=O)c1cc(-c2ccc(-c3cc(C)c(COc4ccc(CC(C=O)OCC)cc4)s3)cc2)on1. The maximum absolute atomic E-state index is 11.8. The molecule has 0 radical (unpaired) electrons. The number of carbonyl (C=O) groups is 2. The number of rotatable bonds is 12. The molecule has 2 heterocycles. The maximum atomic E-state index is 11.8. The molecule has 7 nitrogen and oxygen atoms in total. The van der Waals surface area contributed by atoms with Gasteiger partial charge in [0.1, 0.15) is 24.7 Å². The summed E-state index contributed by atoms with van der Waals surface area (Å²) in [4.78, 5) is 25.2. The molecule has 0 aliphatic carbocycles. The quantitative estimate of drug-likeness (QED) is 0.161. The van der Waals surface area contributed by atoms with Gasteiger partial charge < -0.3 is 23.5 Å². The normalized spacial score (nSPS) is 11.8. The van der Waals surface area contributed by atoms with Crippen LogP contribution in [0.3, 0.4) is 0 Å². The van der Waals surface area contributed by atoms with E-state index in [1.165, 1.54) is 5.56 Å². The van der Waals surface area contributed by atoms with Crippen molar-refractivity contribution in [1.29, 1.82) is 0 Å². The molecule has 4 aromatic rings. The number of hydrogen-bond acceptors (Lipinski definition) is 8. The summed E-state index contributed by atoms with van der Waals surface area (Å²) in [6, 6.07) is 19.4. The van der Waals surface area contributed by atoms with E-state index in [1.54, 1.807) is 24.3 Å². The third-order valence-electron chi connectivity index (χ3n) is 5.73. The van der Waals surface area contributed by atoms with Gasteiger partial charge in [-0.2, -0.15) is 0 Å². The van der Waals surface area contributed by atoms with E-state index in [2.05, 4.69) is 18.1 Å². The molecule has 0 saturated carbocycles. The van der Waals surface area contributed by atoms with Crippen molar-refractivity contribution in [1.82, 2.24) is 5.16 Å². The minimum atomic E-state index is -0.498. The van der Waals surface area contributed by atoms with Crippen LogP contribution in [0.25, 0.3) is 21.8 Å². The zero-order valence-electron chi connectivity index (χ0n) is 21.1. The van der Waals surface area contributed by atoms with E-state index < -0.39 is 12.1 Å². The molecule has 0 spiro atoms. The van der Waals surface area contributed by atoms with E-state index in [0.29, 0.717) is 25.4 Å². The Morgan fingerprint density at radius 2 is 1.76 bits per heavy atom. The molecule has 8 heteroatoms. The lowest BCUT2D eigenvalue weighted by Crippen LogP contribution is -2.17. The molecule has 0 amide bonds. The first-order valence-corrected chi connectivity index (χ1v) is 12.9. The zero-order valence-corrected chi connectivity index (χ0v) is 21.9. The monoisotopic (exact) mass is 519 g/mol. The van der Waals surface area contributed by atoms with Crippen LogP contribution in [0.2, 0.25) is 0 Å². The van der Waals surface area contributed by atoms with Gasteiger partial charge in [-0.1, -0.05) is 41.6 Å². The molecular formula is C29H29NO6S. The van der Waals surface area contributed by atoms with Crippen molar-refractivity contribution in [2.75, 3.05) is 13.2 Å². The van der Waals surface area contributed by atoms with Gasteiger partial charge in [-0.05, 0) is 55.7 Å². The van der Waals surface area contributed by atoms with E-state index in [9.17, 15) is 9.59 Å². The molecule has 1 atom stereocenters. The van der Waals surface area contributed by atoms with Gasteiger partial charge in [-0.15, -0.1) is 11.3 Å². The highest BCUT2D eigenvalue weighted by atomic mass is 32.1. The summed E-state index contributed by atoms with van der Waals surface area (Å²) < 4.78 is 21.7. The van der Waals surface area contributed by atoms with E-state index in [1.807, 2.05) is 55.5 Å². The fourth-order valence-electron chi connectivity index (χ4n) is 3.78. The number of benzene rings is 2.